The summed E-state index contributed by atoms with van der Waals surface area (Å²) in [5, 5.41) is 9.83. The van der Waals surface area contributed by atoms with E-state index in [4.69, 9.17) is 25.8 Å². The van der Waals surface area contributed by atoms with Gasteiger partial charge >= 0.3 is 5.97 Å². The molecule has 0 amide bonds. The molecule has 2 aromatic rings. The molecule has 2 aliphatic rings. The van der Waals surface area contributed by atoms with E-state index in [1.54, 1.807) is 32.8 Å². The van der Waals surface area contributed by atoms with Gasteiger partial charge in [-0.15, -0.1) is 0 Å². The van der Waals surface area contributed by atoms with Crippen molar-refractivity contribution in [2.24, 2.45) is 5.92 Å². The van der Waals surface area contributed by atoms with Crippen LogP contribution < -0.4 is 19.3 Å². The molecule has 184 valence electrons. The fraction of sp³-hybridized carbons (Fsp3) is 0.565. The largest absolute Gasteiger partial charge is 0.481 e. The van der Waals surface area contributed by atoms with Crippen LogP contribution in [0.4, 0.5) is 11.5 Å². The van der Waals surface area contributed by atoms with Crippen molar-refractivity contribution in [3.8, 4) is 11.8 Å². The van der Waals surface area contributed by atoms with Crippen LogP contribution in [0.15, 0.2) is 24.7 Å². The van der Waals surface area contributed by atoms with Gasteiger partial charge in [0.1, 0.15) is 11.9 Å². The molecule has 0 radical (unpaired) electrons. The SMILES string of the molecule is COc1cc(N2CCC(Oc3cnc(N4CC(OC)CC4CC(=O)O)cn3)C(C)C2)c(Cl)cn1. The zero-order valence-electron chi connectivity index (χ0n) is 19.6. The highest BCUT2D eigenvalue weighted by atomic mass is 35.5. The summed E-state index contributed by atoms with van der Waals surface area (Å²) in [6, 6.07) is 1.68. The van der Waals surface area contributed by atoms with Gasteiger partial charge in [0.15, 0.2) is 0 Å². The Morgan fingerprint density at radius 3 is 2.62 bits per heavy atom. The van der Waals surface area contributed by atoms with E-state index in [1.807, 2.05) is 11.0 Å². The first-order valence-electron chi connectivity index (χ1n) is 11.3. The lowest BCUT2D eigenvalue weighted by Crippen LogP contribution is -2.44. The topological polar surface area (TPSA) is 110 Å². The number of nitrogens with zero attached hydrogens (tertiary/aromatic N) is 5. The van der Waals surface area contributed by atoms with Crippen molar-refractivity contribution >= 4 is 29.1 Å². The molecule has 2 fully saturated rings. The maximum atomic E-state index is 11.3. The number of carboxylic acid groups (broad SMARTS) is 1. The standard InChI is InChI=1S/C23H30ClN5O5/c1-14-12-28(18-8-21(33-3)26-9-17(18)24)5-4-19(14)34-22-11-25-20(10-27-22)29-13-16(32-2)6-15(29)7-23(30)31/h8-11,14-16,19H,4-7,12-13H2,1-3H3,(H,30,31). The second-order valence-corrected chi connectivity index (χ2v) is 9.16. The number of hydrogen-bond donors (Lipinski definition) is 1. The van der Waals surface area contributed by atoms with Gasteiger partial charge in [0.2, 0.25) is 11.8 Å². The minimum Gasteiger partial charge on any atom is -0.481 e. The van der Waals surface area contributed by atoms with Crippen molar-refractivity contribution in [3.63, 3.8) is 0 Å². The van der Waals surface area contributed by atoms with Gasteiger partial charge in [-0.1, -0.05) is 18.5 Å². The minimum absolute atomic E-state index is 0.0108. The molecule has 0 aliphatic carbocycles. The summed E-state index contributed by atoms with van der Waals surface area (Å²) in [6.45, 7) is 4.26. The average molecular weight is 492 g/mol. The lowest BCUT2D eigenvalue weighted by molar-refractivity contribution is -0.137. The number of halogens is 1. The quantitative estimate of drug-likeness (QED) is 0.591. The number of methoxy groups -OCH3 is 2. The molecular formula is C23H30ClN5O5. The Hall–Kier alpha value is -2.85. The van der Waals surface area contributed by atoms with Crippen molar-refractivity contribution < 1.29 is 24.1 Å². The lowest BCUT2D eigenvalue weighted by atomic mass is 9.96. The predicted molar refractivity (Wildman–Crippen MR) is 127 cm³/mol. The van der Waals surface area contributed by atoms with Gasteiger partial charge < -0.3 is 29.1 Å². The van der Waals surface area contributed by atoms with Crippen LogP contribution in [0.5, 0.6) is 11.8 Å². The van der Waals surface area contributed by atoms with E-state index in [-0.39, 0.29) is 30.6 Å². The Kier molecular flexibility index (Phi) is 7.57. The Balaban J connectivity index is 1.38. The number of anilines is 2. The Bertz CT molecular complexity index is 994. The van der Waals surface area contributed by atoms with Crippen LogP contribution in [0.2, 0.25) is 5.02 Å². The van der Waals surface area contributed by atoms with E-state index in [0.717, 1.165) is 25.2 Å². The molecule has 34 heavy (non-hydrogen) atoms. The number of carbonyl (C=O) groups is 1. The monoisotopic (exact) mass is 491 g/mol. The Morgan fingerprint density at radius 1 is 1.18 bits per heavy atom. The van der Waals surface area contributed by atoms with Gasteiger partial charge in [-0.2, -0.15) is 0 Å². The van der Waals surface area contributed by atoms with Crippen LogP contribution in [0, 0.1) is 5.92 Å². The highest BCUT2D eigenvalue weighted by Gasteiger charge is 2.35. The maximum Gasteiger partial charge on any atom is 0.305 e. The Labute approximate surface area is 203 Å². The number of rotatable bonds is 8. The van der Waals surface area contributed by atoms with E-state index in [1.165, 1.54) is 0 Å². The fourth-order valence-electron chi connectivity index (χ4n) is 4.68. The van der Waals surface area contributed by atoms with Gasteiger partial charge in [0, 0.05) is 51.2 Å². The smallest absolute Gasteiger partial charge is 0.305 e. The summed E-state index contributed by atoms with van der Waals surface area (Å²) >= 11 is 6.37. The number of ether oxygens (including phenoxy) is 3. The van der Waals surface area contributed by atoms with Crippen LogP contribution in [-0.2, 0) is 9.53 Å². The summed E-state index contributed by atoms with van der Waals surface area (Å²) in [5.74, 6) is 0.997. The van der Waals surface area contributed by atoms with E-state index >= 15 is 0 Å². The van der Waals surface area contributed by atoms with Crippen molar-refractivity contribution in [1.29, 1.82) is 0 Å². The first-order chi connectivity index (χ1) is 16.4. The van der Waals surface area contributed by atoms with Crippen molar-refractivity contribution in [2.75, 3.05) is 43.7 Å². The van der Waals surface area contributed by atoms with E-state index in [2.05, 4.69) is 26.8 Å². The summed E-state index contributed by atoms with van der Waals surface area (Å²) in [5.41, 5.74) is 0.902. The molecule has 1 N–H and O–H groups in total. The van der Waals surface area contributed by atoms with Crippen LogP contribution >= 0.6 is 11.6 Å². The number of aliphatic carboxylic acids is 1. The summed E-state index contributed by atoms with van der Waals surface area (Å²) < 4.78 is 16.8. The molecular weight excluding hydrogens is 462 g/mol. The molecule has 0 spiro atoms. The van der Waals surface area contributed by atoms with Crippen LogP contribution in [0.1, 0.15) is 26.2 Å². The van der Waals surface area contributed by atoms with Gasteiger partial charge in [-0.05, 0) is 6.42 Å². The number of hydrogen-bond acceptors (Lipinski definition) is 9. The summed E-state index contributed by atoms with van der Waals surface area (Å²) in [6.07, 6.45) is 6.30. The Morgan fingerprint density at radius 2 is 1.97 bits per heavy atom. The average Bonchev–Trinajstić information content (AvgIpc) is 3.23. The van der Waals surface area contributed by atoms with E-state index in [0.29, 0.717) is 35.6 Å². The third-order valence-corrected chi connectivity index (χ3v) is 6.78. The second-order valence-electron chi connectivity index (χ2n) is 8.76. The molecule has 4 rings (SSSR count). The van der Waals surface area contributed by atoms with Gasteiger partial charge in [0.25, 0.3) is 0 Å². The van der Waals surface area contributed by atoms with Gasteiger partial charge in [0.05, 0.1) is 48.9 Å². The number of pyridine rings is 1. The van der Waals surface area contributed by atoms with Crippen LogP contribution in [-0.4, -0.2) is 78.1 Å². The number of carboxylic acids is 1. The third-order valence-electron chi connectivity index (χ3n) is 6.49. The molecule has 0 saturated carbocycles. The molecule has 2 aromatic heterocycles. The molecule has 0 bridgehead atoms. The molecule has 4 atom stereocenters. The molecule has 4 unspecified atom stereocenters. The first-order valence-corrected chi connectivity index (χ1v) is 11.7. The maximum absolute atomic E-state index is 11.3. The summed E-state index contributed by atoms with van der Waals surface area (Å²) in [7, 11) is 3.22. The molecule has 4 heterocycles. The zero-order valence-corrected chi connectivity index (χ0v) is 20.3. The molecule has 11 heteroatoms. The minimum atomic E-state index is -0.841. The summed E-state index contributed by atoms with van der Waals surface area (Å²) in [4.78, 5) is 28.5. The predicted octanol–water partition coefficient (Wildman–Crippen LogP) is 2.90. The van der Waals surface area contributed by atoms with Gasteiger partial charge in [-0.25, -0.2) is 15.0 Å². The van der Waals surface area contributed by atoms with Crippen molar-refractivity contribution in [3.05, 3.63) is 29.7 Å². The normalized spacial score (nSPS) is 24.8. The molecule has 0 aromatic carbocycles. The fourth-order valence-corrected chi connectivity index (χ4v) is 4.90. The van der Waals surface area contributed by atoms with Crippen molar-refractivity contribution in [2.45, 2.75) is 44.4 Å². The van der Waals surface area contributed by atoms with E-state index < -0.39 is 5.97 Å². The highest BCUT2D eigenvalue weighted by Crippen LogP contribution is 2.33. The third kappa shape index (κ3) is 5.44. The van der Waals surface area contributed by atoms with Crippen molar-refractivity contribution in [1.82, 2.24) is 15.0 Å². The lowest BCUT2D eigenvalue weighted by Gasteiger charge is -2.38. The first kappa shape index (κ1) is 24.3. The van der Waals surface area contributed by atoms with E-state index in [9.17, 15) is 9.90 Å². The zero-order chi connectivity index (χ0) is 24.2. The number of piperidine rings is 1. The molecule has 10 nitrogen and oxygen atoms in total. The van der Waals surface area contributed by atoms with Gasteiger partial charge in [-0.3, -0.25) is 4.79 Å². The number of aromatic nitrogens is 3. The highest BCUT2D eigenvalue weighted by molar-refractivity contribution is 6.33. The molecule has 2 aliphatic heterocycles. The second kappa shape index (κ2) is 10.6. The van der Waals surface area contributed by atoms with Crippen LogP contribution in [0.3, 0.4) is 0 Å². The molecule has 2 saturated heterocycles. The van der Waals surface area contributed by atoms with Crippen LogP contribution in [0.25, 0.3) is 0 Å².